The minimum absolute atomic E-state index is 0.133. The predicted octanol–water partition coefficient (Wildman–Crippen LogP) is 1.51. The molecule has 0 radical (unpaired) electrons. The van der Waals surface area contributed by atoms with E-state index >= 15 is 0 Å². The summed E-state index contributed by atoms with van der Waals surface area (Å²) in [6, 6.07) is 6.04. The molecule has 1 amide bonds. The highest BCUT2D eigenvalue weighted by molar-refractivity contribution is 5.92. The summed E-state index contributed by atoms with van der Waals surface area (Å²) >= 11 is 0. The van der Waals surface area contributed by atoms with Crippen molar-refractivity contribution in [2.45, 2.75) is 25.9 Å². The molecule has 5 heteroatoms. The second-order valence-corrected chi connectivity index (χ2v) is 4.20. The van der Waals surface area contributed by atoms with Crippen molar-refractivity contribution in [3.8, 4) is 0 Å². The summed E-state index contributed by atoms with van der Waals surface area (Å²) in [7, 11) is 0. The lowest BCUT2D eigenvalue weighted by Gasteiger charge is -2.08. The second kappa shape index (κ2) is 7.79. The summed E-state index contributed by atoms with van der Waals surface area (Å²) in [6.07, 6.45) is 1.17. The molecule has 0 bridgehead atoms. The largest absolute Gasteiger partial charge is 0.393 e. The van der Waals surface area contributed by atoms with Crippen LogP contribution in [-0.4, -0.2) is 30.2 Å². The van der Waals surface area contributed by atoms with Gasteiger partial charge in [-0.2, -0.15) is 0 Å². The number of para-hydroxylation sites is 1. The minimum Gasteiger partial charge on any atom is -0.393 e. The van der Waals surface area contributed by atoms with Gasteiger partial charge >= 0.3 is 0 Å². The summed E-state index contributed by atoms with van der Waals surface area (Å²) in [5, 5.41) is 14.5. The van der Waals surface area contributed by atoms with Crippen LogP contribution in [0.15, 0.2) is 24.3 Å². The molecule has 4 nitrogen and oxygen atoms in total. The van der Waals surface area contributed by atoms with Crippen LogP contribution in [0, 0.1) is 5.82 Å². The van der Waals surface area contributed by atoms with Crippen molar-refractivity contribution in [3.05, 3.63) is 30.1 Å². The van der Waals surface area contributed by atoms with Crippen LogP contribution in [0.25, 0.3) is 0 Å². The Balaban J connectivity index is 2.20. The topological polar surface area (TPSA) is 61.4 Å². The lowest BCUT2D eigenvalue weighted by Crippen LogP contribution is -2.29. The average Bonchev–Trinajstić information content (AvgIpc) is 2.31. The highest BCUT2D eigenvalue weighted by atomic mass is 19.1. The van der Waals surface area contributed by atoms with E-state index < -0.39 is 5.82 Å². The van der Waals surface area contributed by atoms with E-state index in [1.165, 1.54) is 12.1 Å². The fourth-order valence-corrected chi connectivity index (χ4v) is 1.48. The first kappa shape index (κ1) is 14.6. The van der Waals surface area contributed by atoms with Crippen LogP contribution in [0.2, 0.25) is 0 Å². The Bertz CT molecular complexity index is 383. The molecule has 0 spiro atoms. The highest BCUT2D eigenvalue weighted by Crippen LogP contribution is 2.11. The van der Waals surface area contributed by atoms with Gasteiger partial charge in [0.25, 0.3) is 0 Å². The monoisotopic (exact) mass is 254 g/mol. The fourth-order valence-electron chi connectivity index (χ4n) is 1.48. The second-order valence-electron chi connectivity index (χ2n) is 4.20. The Labute approximate surface area is 106 Å². The average molecular weight is 254 g/mol. The maximum absolute atomic E-state index is 13.2. The number of rotatable bonds is 7. The van der Waals surface area contributed by atoms with E-state index in [0.717, 1.165) is 6.42 Å². The number of nitrogens with one attached hydrogen (secondary N) is 2. The van der Waals surface area contributed by atoms with E-state index in [2.05, 4.69) is 10.6 Å². The molecule has 3 N–H and O–H groups in total. The molecule has 1 aromatic carbocycles. The number of aliphatic hydroxyl groups excluding tert-OH is 1. The first-order chi connectivity index (χ1) is 8.59. The normalized spacial score (nSPS) is 12.2. The molecule has 1 rings (SSSR count). The zero-order valence-electron chi connectivity index (χ0n) is 10.4. The third kappa shape index (κ3) is 5.75. The molecule has 0 heterocycles. The Morgan fingerprint density at radius 3 is 2.83 bits per heavy atom. The van der Waals surface area contributed by atoms with E-state index in [1.807, 2.05) is 0 Å². The van der Waals surface area contributed by atoms with Gasteiger partial charge in [0.05, 0.1) is 18.3 Å². The fraction of sp³-hybridized carbons (Fsp3) is 0.462. The zero-order chi connectivity index (χ0) is 13.4. The van der Waals surface area contributed by atoms with Gasteiger partial charge in [0.15, 0.2) is 0 Å². The summed E-state index contributed by atoms with van der Waals surface area (Å²) in [4.78, 5) is 11.5. The third-order valence-corrected chi connectivity index (χ3v) is 2.41. The van der Waals surface area contributed by atoms with Crippen LogP contribution in [0.1, 0.15) is 19.8 Å². The number of halogens is 1. The molecular formula is C13H19FN2O2. The molecule has 1 unspecified atom stereocenters. The minimum atomic E-state index is -0.444. The first-order valence-corrected chi connectivity index (χ1v) is 6.02. The number of carbonyl (C=O) groups excluding carboxylic acids is 1. The van der Waals surface area contributed by atoms with E-state index in [4.69, 9.17) is 5.11 Å². The van der Waals surface area contributed by atoms with E-state index in [9.17, 15) is 9.18 Å². The molecule has 0 saturated heterocycles. The summed E-state index contributed by atoms with van der Waals surface area (Å²) in [5.74, 6) is -0.725. The standard InChI is InChI=1S/C13H19FN2O2/c1-10(17)5-4-8-15-9-13(18)16-12-7-3-2-6-11(12)14/h2-3,6-7,10,15,17H,4-5,8-9H2,1H3,(H,16,18). The maximum atomic E-state index is 13.2. The SMILES string of the molecule is CC(O)CCCNCC(=O)Nc1ccccc1F. The van der Waals surface area contributed by atoms with Gasteiger partial charge in [0.1, 0.15) is 5.82 Å². The first-order valence-electron chi connectivity index (χ1n) is 6.02. The van der Waals surface area contributed by atoms with Crippen LogP contribution in [0.5, 0.6) is 0 Å². The molecule has 0 aliphatic heterocycles. The van der Waals surface area contributed by atoms with Crippen molar-refractivity contribution >= 4 is 11.6 Å². The number of hydrogen-bond acceptors (Lipinski definition) is 3. The quantitative estimate of drug-likeness (QED) is 0.646. The third-order valence-electron chi connectivity index (χ3n) is 2.41. The van der Waals surface area contributed by atoms with Gasteiger partial charge in [-0.3, -0.25) is 4.79 Å². The van der Waals surface area contributed by atoms with Crippen molar-refractivity contribution in [3.63, 3.8) is 0 Å². The van der Waals surface area contributed by atoms with Gasteiger partial charge in [0.2, 0.25) is 5.91 Å². The molecule has 0 aromatic heterocycles. The van der Waals surface area contributed by atoms with Crippen LogP contribution in [0.3, 0.4) is 0 Å². The number of hydrogen-bond donors (Lipinski definition) is 3. The van der Waals surface area contributed by atoms with Gasteiger partial charge < -0.3 is 15.7 Å². The zero-order valence-corrected chi connectivity index (χ0v) is 10.4. The number of carbonyl (C=O) groups is 1. The molecule has 18 heavy (non-hydrogen) atoms. The Morgan fingerprint density at radius 2 is 2.17 bits per heavy atom. The van der Waals surface area contributed by atoms with Crippen LogP contribution < -0.4 is 10.6 Å². The molecular weight excluding hydrogens is 235 g/mol. The lowest BCUT2D eigenvalue weighted by atomic mass is 10.2. The molecule has 0 aliphatic rings. The van der Waals surface area contributed by atoms with Gasteiger partial charge in [-0.1, -0.05) is 12.1 Å². The number of benzene rings is 1. The molecule has 0 aliphatic carbocycles. The van der Waals surface area contributed by atoms with Crippen molar-refractivity contribution in [1.29, 1.82) is 0 Å². The van der Waals surface area contributed by atoms with Crippen molar-refractivity contribution in [1.82, 2.24) is 5.32 Å². The Hall–Kier alpha value is -1.46. The molecule has 1 atom stereocenters. The Morgan fingerprint density at radius 1 is 1.44 bits per heavy atom. The summed E-state index contributed by atoms with van der Waals surface area (Å²) in [6.45, 7) is 2.51. The number of amides is 1. The number of anilines is 1. The van der Waals surface area contributed by atoms with Crippen LogP contribution in [0.4, 0.5) is 10.1 Å². The molecule has 0 saturated carbocycles. The van der Waals surface area contributed by atoms with Gasteiger partial charge in [-0.25, -0.2) is 4.39 Å². The summed E-state index contributed by atoms with van der Waals surface area (Å²) < 4.78 is 13.2. The van der Waals surface area contributed by atoms with Gasteiger partial charge in [-0.15, -0.1) is 0 Å². The summed E-state index contributed by atoms with van der Waals surface area (Å²) in [5.41, 5.74) is 0.188. The van der Waals surface area contributed by atoms with E-state index in [1.54, 1.807) is 19.1 Å². The van der Waals surface area contributed by atoms with Crippen LogP contribution in [-0.2, 0) is 4.79 Å². The molecule has 0 fully saturated rings. The smallest absolute Gasteiger partial charge is 0.238 e. The van der Waals surface area contributed by atoms with Gasteiger partial charge in [0, 0.05) is 0 Å². The van der Waals surface area contributed by atoms with E-state index in [-0.39, 0.29) is 24.2 Å². The Kier molecular flexibility index (Phi) is 6.32. The van der Waals surface area contributed by atoms with Crippen molar-refractivity contribution < 1.29 is 14.3 Å². The lowest BCUT2D eigenvalue weighted by molar-refractivity contribution is -0.115. The molecule has 1 aromatic rings. The predicted molar refractivity (Wildman–Crippen MR) is 68.8 cm³/mol. The number of aliphatic hydroxyl groups is 1. The maximum Gasteiger partial charge on any atom is 0.238 e. The molecule has 100 valence electrons. The van der Waals surface area contributed by atoms with Gasteiger partial charge in [-0.05, 0) is 38.4 Å². The van der Waals surface area contributed by atoms with Crippen LogP contribution >= 0.6 is 0 Å². The van der Waals surface area contributed by atoms with Crippen molar-refractivity contribution in [2.75, 3.05) is 18.4 Å². The van der Waals surface area contributed by atoms with Crippen molar-refractivity contribution in [2.24, 2.45) is 0 Å². The van der Waals surface area contributed by atoms with E-state index in [0.29, 0.717) is 13.0 Å². The highest BCUT2D eigenvalue weighted by Gasteiger charge is 2.05.